The highest BCUT2D eigenvalue weighted by Crippen LogP contribution is 2.18. The monoisotopic (exact) mass is 293 g/mol. The van der Waals surface area contributed by atoms with Gasteiger partial charge in [-0.15, -0.1) is 0 Å². The average Bonchev–Trinajstić information content (AvgIpc) is 2.50. The van der Waals surface area contributed by atoms with E-state index >= 15 is 0 Å². The van der Waals surface area contributed by atoms with Gasteiger partial charge in [0.05, 0.1) is 5.56 Å². The van der Waals surface area contributed by atoms with Crippen molar-refractivity contribution < 1.29 is 14.7 Å². The topological polar surface area (TPSA) is 88.2 Å². The van der Waals surface area contributed by atoms with Crippen molar-refractivity contribution in [2.75, 3.05) is 13.7 Å². The molecule has 0 saturated carbocycles. The van der Waals surface area contributed by atoms with Gasteiger partial charge >= 0.3 is 0 Å². The maximum Gasteiger partial charge on any atom is 0.260 e. The first-order chi connectivity index (χ1) is 9.88. The smallest absolute Gasteiger partial charge is 0.260 e. The normalized spacial score (nSPS) is 13.1. The molecule has 0 fully saturated rings. The van der Waals surface area contributed by atoms with Gasteiger partial charge in [-0.05, 0) is 25.0 Å². The first kappa shape index (κ1) is 16.8. The Morgan fingerprint density at radius 3 is 2.57 bits per heavy atom. The molecule has 1 amide bonds. The number of amides is 1. The lowest BCUT2D eigenvalue weighted by Crippen LogP contribution is -2.40. The van der Waals surface area contributed by atoms with Gasteiger partial charge in [0.15, 0.2) is 12.4 Å². The number of hydrogen-bond donors (Lipinski definition) is 2. The zero-order valence-corrected chi connectivity index (χ0v) is 12.9. The van der Waals surface area contributed by atoms with Crippen LogP contribution in [0.2, 0.25) is 0 Å². The minimum atomic E-state index is -0.120. The molecule has 1 atom stereocenters. The number of oxime groups is 1. The molecule has 0 saturated heterocycles. The van der Waals surface area contributed by atoms with Crippen LogP contribution in [0.1, 0.15) is 26.3 Å². The van der Waals surface area contributed by atoms with Crippen molar-refractivity contribution in [3.05, 3.63) is 29.8 Å². The number of hydrogen-bond acceptors (Lipinski definition) is 4. The maximum atomic E-state index is 12.1. The molecular formula is C15H23N3O3. The predicted molar refractivity (Wildman–Crippen MR) is 81.5 cm³/mol. The van der Waals surface area contributed by atoms with E-state index in [9.17, 15) is 4.79 Å². The number of nitrogens with zero attached hydrogens (tertiary/aromatic N) is 2. The zero-order chi connectivity index (χ0) is 16.0. The summed E-state index contributed by atoms with van der Waals surface area (Å²) in [6, 6.07) is 6.96. The van der Waals surface area contributed by atoms with Crippen LogP contribution in [0.5, 0.6) is 5.75 Å². The fraction of sp³-hybridized carbons (Fsp3) is 0.467. The lowest BCUT2D eigenvalue weighted by Gasteiger charge is -2.28. The highest BCUT2D eigenvalue weighted by molar-refractivity contribution is 5.99. The third-order valence-electron chi connectivity index (χ3n) is 3.59. The van der Waals surface area contributed by atoms with E-state index in [0.717, 1.165) is 0 Å². The Morgan fingerprint density at radius 2 is 2.00 bits per heavy atom. The van der Waals surface area contributed by atoms with Crippen LogP contribution in [0, 0.1) is 5.92 Å². The summed E-state index contributed by atoms with van der Waals surface area (Å²) < 4.78 is 5.51. The van der Waals surface area contributed by atoms with E-state index in [1.807, 2.05) is 6.92 Å². The summed E-state index contributed by atoms with van der Waals surface area (Å²) in [5.41, 5.74) is 6.03. The number of carbonyl (C=O) groups is 1. The molecule has 0 aliphatic heterocycles. The van der Waals surface area contributed by atoms with E-state index in [4.69, 9.17) is 15.7 Å². The Labute approximate surface area is 125 Å². The number of likely N-dealkylation sites (N-methyl/N-ethyl adjacent to an activating group) is 1. The molecule has 0 aliphatic carbocycles. The summed E-state index contributed by atoms with van der Waals surface area (Å²) in [7, 11) is 1.76. The second-order valence-corrected chi connectivity index (χ2v) is 5.26. The largest absolute Gasteiger partial charge is 0.483 e. The van der Waals surface area contributed by atoms with Gasteiger partial charge in [0, 0.05) is 13.1 Å². The summed E-state index contributed by atoms with van der Waals surface area (Å²) in [4.78, 5) is 13.8. The number of carbonyl (C=O) groups excluding carboxylic acids is 1. The van der Waals surface area contributed by atoms with Crippen LogP contribution in [0.3, 0.4) is 0 Å². The van der Waals surface area contributed by atoms with Gasteiger partial charge in [0.1, 0.15) is 5.75 Å². The van der Waals surface area contributed by atoms with Crippen LogP contribution in [0.25, 0.3) is 0 Å². The predicted octanol–water partition coefficient (Wildman–Crippen LogP) is 1.66. The SMILES string of the molecule is CC(C)C(C)N(C)C(=O)COc1ccccc1/C(N)=N/O. The first-order valence-corrected chi connectivity index (χ1v) is 6.83. The Kier molecular flexibility index (Phi) is 6.02. The minimum Gasteiger partial charge on any atom is -0.483 e. The summed E-state index contributed by atoms with van der Waals surface area (Å²) in [6.45, 7) is 6.02. The van der Waals surface area contributed by atoms with Gasteiger partial charge in [-0.1, -0.05) is 31.1 Å². The molecule has 1 rings (SSSR count). The third-order valence-corrected chi connectivity index (χ3v) is 3.59. The van der Waals surface area contributed by atoms with E-state index in [-0.39, 0.29) is 24.4 Å². The standard InChI is InChI=1S/C15H23N3O3/c1-10(2)11(3)18(4)14(19)9-21-13-8-6-5-7-12(13)15(16)17-20/h5-8,10-11,20H,9H2,1-4H3,(H2,16,17). The third kappa shape index (κ3) is 4.37. The van der Waals surface area contributed by atoms with Gasteiger partial charge in [-0.25, -0.2) is 0 Å². The van der Waals surface area contributed by atoms with Gasteiger partial charge in [0.2, 0.25) is 0 Å². The van der Waals surface area contributed by atoms with Crippen molar-refractivity contribution in [1.29, 1.82) is 0 Å². The molecule has 0 aliphatic rings. The summed E-state index contributed by atoms with van der Waals surface area (Å²) in [6.07, 6.45) is 0. The van der Waals surface area contributed by atoms with E-state index in [1.54, 1.807) is 36.2 Å². The van der Waals surface area contributed by atoms with Crippen molar-refractivity contribution in [2.24, 2.45) is 16.8 Å². The number of benzene rings is 1. The second-order valence-electron chi connectivity index (χ2n) is 5.26. The molecule has 0 radical (unpaired) electrons. The van der Waals surface area contributed by atoms with Crippen molar-refractivity contribution >= 4 is 11.7 Å². The van der Waals surface area contributed by atoms with E-state index in [2.05, 4.69) is 19.0 Å². The van der Waals surface area contributed by atoms with Crippen molar-refractivity contribution in [2.45, 2.75) is 26.8 Å². The number of rotatable bonds is 6. The summed E-state index contributed by atoms with van der Waals surface area (Å²) in [5.74, 6) is 0.600. The molecule has 0 aromatic heterocycles. The van der Waals surface area contributed by atoms with Crippen LogP contribution in [-0.4, -0.2) is 41.5 Å². The Morgan fingerprint density at radius 1 is 1.38 bits per heavy atom. The quantitative estimate of drug-likeness (QED) is 0.361. The van der Waals surface area contributed by atoms with Crippen molar-refractivity contribution in [3.8, 4) is 5.75 Å². The first-order valence-electron chi connectivity index (χ1n) is 6.83. The van der Waals surface area contributed by atoms with Gasteiger partial charge in [0.25, 0.3) is 5.91 Å². The molecule has 6 heteroatoms. The van der Waals surface area contributed by atoms with E-state index in [0.29, 0.717) is 17.2 Å². The molecule has 116 valence electrons. The number of para-hydroxylation sites is 1. The molecule has 6 nitrogen and oxygen atoms in total. The summed E-state index contributed by atoms with van der Waals surface area (Å²) in [5, 5.41) is 11.7. The van der Waals surface area contributed by atoms with E-state index in [1.165, 1.54) is 0 Å². The number of ether oxygens (including phenoxy) is 1. The Hall–Kier alpha value is -2.24. The molecule has 1 unspecified atom stereocenters. The number of amidine groups is 1. The fourth-order valence-electron chi connectivity index (χ4n) is 1.77. The minimum absolute atomic E-state index is 0.0537. The van der Waals surface area contributed by atoms with Gasteiger partial charge in [-0.2, -0.15) is 0 Å². The molecule has 1 aromatic carbocycles. The van der Waals surface area contributed by atoms with Crippen LogP contribution in [0.15, 0.2) is 29.4 Å². The maximum absolute atomic E-state index is 12.1. The van der Waals surface area contributed by atoms with Crippen molar-refractivity contribution in [1.82, 2.24) is 4.90 Å². The zero-order valence-electron chi connectivity index (χ0n) is 12.9. The summed E-state index contributed by atoms with van der Waals surface area (Å²) >= 11 is 0. The lowest BCUT2D eigenvalue weighted by molar-refractivity contribution is -0.134. The van der Waals surface area contributed by atoms with Crippen molar-refractivity contribution in [3.63, 3.8) is 0 Å². The molecular weight excluding hydrogens is 270 g/mol. The fourth-order valence-corrected chi connectivity index (χ4v) is 1.77. The molecule has 0 spiro atoms. The van der Waals surface area contributed by atoms with Crippen LogP contribution in [-0.2, 0) is 4.79 Å². The van der Waals surface area contributed by atoms with Crippen LogP contribution < -0.4 is 10.5 Å². The van der Waals surface area contributed by atoms with Gasteiger partial charge in [-0.3, -0.25) is 4.79 Å². The highest BCUT2D eigenvalue weighted by atomic mass is 16.5. The molecule has 0 bridgehead atoms. The average molecular weight is 293 g/mol. The second kappa shape index (κ2) is 7.52. The Balaban J connectivity index is 2.74. The Bertz CT molecular complexity index is 515. The van der Waals surface area contributed by atoms with Crippen LogP contribution in [0.4, 0.5) is 0 Å². The highest BCUT2D eigenvalue weighted by Gasteiger charge is 2.19. The lowest BCUT2D eigenvalue weighted by atomic mass is 10.1. The van der Waals surface area contributed by atoms with Crippen LogP contribution >= 0.6 is 0 Å². The number of nitrogens with two attached hydrogens (primary N) is 1. The molecule has 3 N–H and O–H groups in total. The molecule has 0 heterocycles. The molecule has 21 heavy (non-hydrogen) atoms. The van der Waals surface area contributed by atoms with Gasteiger partial charge < -0.3 is 20.6 Å². The van der Waals surface area contributed by atoms with E-state index < -0.39 is 0 Å². The molecule has 1 aromatic rings.